The summed E-state index contributed by atoms with van der Waals surface area (Å²) in [6.45, 7) is 13.2. The Morgan fingerprint density at radius 2 is 1.28 bits per heavy atom. The molecule has 1 unspecified atom stereocenters. The van der Waals surface area contributed by atoms with E-state index in [2.05, 4.69) is 117 Å². The number of unbranched alkanes of at least 4 members (excludes halogenated alkanes) is 2. The first kappa shape index (κ1) is 25.7. The van der Waals surface area contributed by atoms with Gasteiger partial charge < -0.3 is 9.80 Å². The lowest BCUT2D eigenvalue weighted by Crippen LogP contribution is -2.29. The van der Waals surface area contributed by atoms with Crippen molar-refractivity contribution < 1.29 is 4.79 Å². The van der Waals surface area contributed by atoms with Crippen LogP contribution in [0.2, 0.25) is 0 Å². The summed E-state index contributed by atoms with van der Waals surface area (Å²) in [5, 5.41) is 0. The third-order valence-electron chi connectivity index (χ3n) is 9.01. The molecule has 2 heterocycles. The van der Waals surface area contributed by atoms with E-state index < -0.39 is 0 Å². The summed E-state index contributed by atoms with van der Waals surface area (Å²) in [7, 11) is 0. The van der Waals surface area contributed by atoms with E-state index in [1.54, 1.807) is 0 Å². The molecule has 0 fully saturated rings. The molecule has 0 bridgehead atoms. The summed E-state index contributed by atoms with van der Waals surface area (Å²) in [5.74, 6) is 0.351. The minimum atomic E-state index is -0.269. The molecular formula is C36H40N2O. The van der Waals surface area contributed by atoms with Crippen molar-refractivity contribution in [2.24, 2.45) is 0 Å². The van der Waals surface area contributed by atoms with Crippen molar-refractivity contribution >= 4 is 28.3 Å². The molecule has 0 N–H and O–H groups in total. The molecule has 1 aliphatic carbocycles. The van der Waals surface area contributed by atoms with Crippen molar-refractivity contribution in [3.8, 4) is 0 Å². The van der Waals surface area contributed by atoms with Gasteiger partial charge in [-0.2, -0.15) is 0 Å². The second kappa shape index (κ2) is 9.86. The van der Waals surface area contributed by atoms with Gasteiger partial charge in [0.25, 0.3) is 0 Å². The van der Waals surface area contributed by atoms with Crippen LogP contribution in [0.4, 0.5) is 11.4 Å². The average Bonchev–Trinajstić information content (AvgIpc) is 3.47. The summed E-state index contributed by atoms with van der Waals surface area (Å²) < 4.78 is 0. The molecule has 39 heavy (non-hydrogen) atoms. The van der Waals surface area contributed by atoms with Crippen LogP contribution < -0.4 is 9.80 Å². The molecule has 0 saturated heterocycles. The van der Waals surface area contributed by atoms with E-state index in [4.69, 9.17) is 0 Å². The predicted molar refractivity (Wildman–Crippen MR) is 164 cm³/mol. The highest BCUT2D eigenvalue weighted by molar-refractivity contribution is 6.49. The van der Waals surface area contributed by atoms with E-state index >= 15 is 0 Å². The van der Waals surface area contributed by atoms with Crippen LogP contribution >= 0.6 is 0 Å². The number of rotatable bonds is 6. The van der Waals surface area contributed by atoms with Crippen molar-refractivity contribution in [1.82, 2.24) is 0 Å². The van der Waals surface area contributed by atoms with Gasteiger partial charge in [-0.05, 0) is 47.2 Å². The molecule has 0 spiro atoms. The zero-order chi connectivity index (χ0) is 27.3. The molecule has 0 aromatic heterocycles. The zero-order valence-electron chi connectivity index (χ0n) is 24.1. The Hall–Kier alpha value is -3.59. The smallest absolute Gasteiger partial charge is 0.197 e. The van der Waals surface area contributed by atoms with Crippen LogP contribution in [-0.2, 0) is 10.2 Å². The first-order valence-electron chi connectivity index (χ1n) is 14.8. The zero-order valence-corrected chi connectivity index (χ0v) is 24.1. The van der Waals surface area contributed by atoms with Crippen LogP contribution in [0.3, 0.4) is 0 Å². The summed E-state index contributed by atoms with van der Waals surface area (Å²) >= 11 is 0. The highest BCUT2D eigenvalue weighted by Crippen LogP contribution is 2.55. The molecule has 1 atom stereocenters. The van der Waals surface area contributed by atoms with E-state index in [0.29, 0.717) is 0 Å². The molecule has 2 aliphatic heterocycles. The second-order valence-corrected chi connectivity index (χ2v) is 11.8. The molecule has 3 nitrogen and oxygen atoms in total. The number of ketones is 1. The fourth-order valence-electron chi connectivity index (χ4n) is 7.12. The fourth-order valence-corrected chi connectivity index (χ4v) is 7.12. The third kappa shape index (κ3) is 3.81. The highest BCUT2D eigenvalue weighted by atomic mass is 16.1. The van der Waals surface area contributed by atoms with Gasteiger partial charge in [-0.15, -0.1) is 0 Å². The maximum absolute atomic E-state index is 14.9. The standard InChI is InChI=1S/C36H40N2O/c1-6-8-22-37-29-20-14-12-16-25(29)24(3)33(37)31-26-17-10-11-18-27(26)32(34(31)39)35-36(4,5)28-19-13-15-21-30(28)38(35)23-9-7-2/h10-21,24H,6-9,22-23H2,1-5H3/b33-31+,35-32+. The van der Waals surface area contributed by atoms with Crippen LogP contribution in [0.25, 0.3) is 11.1 Å². The predicted octanol–water partition coefficient (Wildman–Crippen LogP) is 8.71. The number of fused-ring (bicyclic) bond motifs is 3. The summed E-state index contributed by atoms with van der Waals surface area (Å²) in [6.07, 6.45) is 4.41. The van der Waals surface area contributed by atoms with E-state index in [-0.39, 0.29) is 17.1 Å². The number of hydrogen-bond donors (Lipinski definition) is 0. The number of anilines is 2. The first-order chi connectivity index (χ1) is 18.9. The molecule has 3 aromatic rings. The molecule has 6 rings (SSSR count). The highest BCUT2D eigenvalue weighted by Gasteiger charge is 2.47. The number of allylic oxidation sites excluding steroid dienone is 4. The van der Waals surface area contributed by atoms with Gasteiger partial charge in [0, 0.05) is 47.2 Å². The largest absolute Gasteiger partial charge is 0.343 e. The lowest BCUT2D eigenvalue weighted by atomic mass is 9.81. The molecule has 0 radical (unpaired) electrons. The third-order valence-corrected chi connectivity index (χ3v) is 9.01. The molecule has 3 aromatic carbocycles. The molecule has 0 saturated carbocycles. The van der Waals surface area contributed by atoms with Gasteiger partial charge in [0.15, 0.2) is 5.78 Å². The number of para-hydroxylation sites is 2. The number of benzene rings is 3. The lowest BCUT2D eigenvalue weighted by Gasteiger charge is -2.29. The van der Waals surface area contributed by atoms with Gasteiger partial charge in [-0.1, -0.05) is 108 Å². The normalized spacial score (nSPS) is 22.9. The Morgan fingerprint density at radius 3 is 1.97 bits per heavy atom. The van der Waals surface area contributed by atoms with Gasteiger partial charge in [-0.3, -0.25) is 4.79 Å². The molecular weight excluding hydrogens is 476 g/mol. The van der Waals surface area contributed by atoms with E-state index in [1.165, 1.54) is 28.2 Å². The first-order valence-corrected chi connectivity index (χ1v) is 14.8. The fraction of sp³-hybridized carbons (Fsp3) is 0.361. The van der Waals surface area contributed by atoms with Gasteiger partial charge >= 0.3 is 0 Å². The van der Waals surface area contributed by atoms with Crippen LogP contribution in [0.5, 0.6) is 0 Å². The number of carbonyl (C=O) groups excluding carboxylic acids is 1. The maximum atomic E-state index is 14.9. The number of hydrogen-bond acceptors (Lipinski definition) is 3. The minimum Gasteiger partial charge on any atom is -0.343 e. The Labute approximate surface area is 233 Å². The Kier molecular flexibility index (Phi) is 6.49. The number of nitrogens with zero attached hydrogens (tertiary/aromatic N) is 2. The molecule has 3 aliphatic rings. The molecule has 0 amide bonds. The Morgan fingerprint density at radius 1 is 0.718 bits per heavy atom. The monoisotopic (exact) mass is 516 g/mol. The van der Waals surface area contributed by atoms with Gasteiger partial charge in [-0.25, -0.2) is 0 Å². The minimum absolute atomic E-state index is 0.166. The summed E-state index contributed by atoms with van der Waals surface area (Å²) in [5.41, 5.74) is 11.2. The van der Waals surface area contributed by atoms with Crippen molar-refractivity contribution in [3.63, 3.8) is 0 Å². The van der Waals surface area contributed by atoms with Crippen molar-refractivity contribution in [1.29, 1.82) is 0 Å². The van der Waals surface area contributed by atoms with Crippen molar-refractivity contribution in [2.75, 3.05) is 22.9 Å². The van der Waals surface area contributed by atoms with Gasteiger partial charge in [0.1, 0.15) is 0 Å². The van der Waals surface area contributed by atoms with Crippen molar-refractivity contribution in [3.05, 3.63) is 106 Å². The SMILES string of the molecule is CCCCN1/C(=C2/C(=O)/C(=C3/N(CCCC)c4ccccc4C3(C)C)c3ccccc32)C(C)c2ccccc21. The van der Waals surface area contributed by atoms with Crippen LogP contribution in [0.1, 0.15) is 88.5 Å². The quantitative estimate of drug-likeness (QED) is 0.306. The van der Waals surface area contributed by atoms with Crippen LogP contribution in [0, 0.1) is 0 Å². The summed E-state index contributed by atoms with van der Waals surface area (Å²) in [4.78, 5) is 19.8. The Bertz CT molecular complexity index is 1510. The van der Waals surface area contributed by atoms with Gasteiger partial charge in [0.2, 0.25) is 0 Å². The maximum Gasteiger partial charge on any atom is 0.197 e. The van der Waals surface area contributed by atoms with Crippen LogP contribution in [-0.4, -0.2) is 18.9 Å². The topological polar surface area (TPSA) is 23.6 Å². The van der Waals surface area contributed by atoms with Crippen LogP contribution in [0.15, 0.2) is 84.2 Å². The second-order valence-electron chi connectivity index (χ2n) is 11.8. The number of Topliss-reactive ketones (excluding diaryl/α,β-unsaturated/α-hetero) is 1. The van der Waals surface area contributed by atoms with E-state index in [9.17, 15) is 4.79 Å². The molecule has 200 valence electrons. The summed E-state index contributed by atoms with van der Waals surface area (Å²) in [6, 6.07) is 26.0. The van der Waals surface area contributed by atoms with Gasteiger partial charge in [0.05, 0.1) is 11.1 Å². The Balaban J connectivity index is 1.62. The van der Waals surface area contributed by atoms with E-state index in [0.717, 1.165) is 66.7 Å². The average molecular weight is 517 g/mol. The van der Waals surface area contributed by atoms with Crippen molar-refractivity contribution in [2.45, 2.75) is 71.6 Å². The number of carbonyl (C=O) groups is 1. The molecule has 3 heteroatoms. The van der Waals surface area contributed by atoms with E-state index in [1.807, 2.05) is 0 Å². The lowest BCUT2D eigenvalue weighted by molar-refractivity contribution is -0.108.